The molecule has 0 spiro atoms. The average Bonchev–Trinajstić information content (AvgIpc) is 3.12. The number of methoxy groups -OCH3 is 1. The second-order valence-corrected chi connectivity index (χ2v) is 7.05. The number of fused-ring (bicyclic) bond motifs is 1. The molecule has 0 atom stereocenters. The standard InChI is InChI=1S/C19H27N7O/c1-24-10-12-25(13-11-24)16-5-3-15(4-6-16)19-22-21-18-8-7-17(23-26(18)19)20-9-14-27-2/h3-6H,7-14H2,1-2H3,(H,20,23). The predicted molar refractivity (Wildman–Crippen MR) is 107 cm³/mol. The zero-order valence-electron chi connectivity index (χ0n) is 16.1. The molecule has 1 saturated heterocycles. The Morgan fingerprint density at radius 2 is 1.85 bits per heavy atom. The highest BCUT2D eigenvalue weighted by Gasteiger charge is 2.20. The monoisotopic (exact) mass is 369 g/mol. The lowest BCUT2D eigenvalue weighted by Gasteiger charge is -2.34. The first-order chi connectivity index (χ1) is 13.2. The van der Waals surface area contributed by atoms with E-state index in [4.69, 9.17) is 4.74 Å². The van der Waals surface area contributed by atoms with Gasteiger partial charge in [0.25, 0.3) is 0 Å². The number of aliphatic imine (C=N–C) groups is 1. The van der Waals surface area contributed by atoms with Crippen LogP contribution in [0.15, 0.2) is 29.3 Å². The molecule has 0 saturated carbocycles. The van der Waals surface area contributed by atoms with Gasteiger partial charge < -0.3 is 14.5 Å². The Morgan fingerprint density at radius 3 is 2.59 bits per heavy atom. The summed E-state index contributed by atoms with van der Waals surface area (Å²) in [7, 11) is 3.87. The number of hydrogen-bond acceptors (Lipinski definition) is 6. The maximum Gasteiger partial charge on any atom is 0.183 e. The Hall–Kier alpha value is -2.45. The van der Waals surface area contributed by atoms with Gasteiger partial charge in [-0.15, -0.1) is 10.2 Å². The van der Waals surface area contributed by atoms with Gasteiger partial charge in [-0.25, -0.2) is 4.68 Å². The number of aromatic nitrogens is 3. The van der Waals surface area contributed by atoms with Crippen LogP contribution in [0.1, 0.15) is 12.2 Å². The molecule has 27 heavy (non-hydrogen) atoms. The Balaban J connectivity index is 1.50. The highest BCUT2D eigenvalue weighted by atomic mass is 16.5. The molecule has 0 amide bonds. The molecule has 0 bridgehead atoms. The van der Waals surface area contributed by atoms with Crippen molar-refractivity contribution in [2.24, 2.45) is 4.99 Å². The van der Waals surface area contributed by atoms with E-state index in [9.17, 15) is 0 Å². The summed E-state index contributed by atoms with van der Waals surface area (Å²) in [5.41, 5.74) is 5.67. The Labute approximate surface area is 159 Å². The molecule has 3 heterocycles. The van der Waals surface area contributed by atoms with Crippen LogP contribution in [0.5, 0.6) is 0 Å². The van der Waals surface area contributed by atoms with Crippen molar-refractivity contribution in [3.05, 3.63) is 30.1 Å². The van der Waals surface area contributed by atoms with Crippen molar-refractivity contribution in [1.82, 2.24) is 19.8 Å². The lowest BCUT2D eigenvalue weighted by atomic mass is 10.1. The molecule has 2 aromatic rings. The van der Waals surface area contributed by atoms with Crippen LogP contribution in [0.3, 0.4) is 0 Å². The van der Waals surface area contributed by atoms with Gasteiger partial charge >= 0.3 is 0 Å². The minimum absolute atomic E-state index is 0.626. The largest absolute Gasteiger partial charge is 0.383 e. The van der Waals surface area contributed by atoms with Crippen molar-refractivity contribution < 1.29 is 4.74 Å². The van der Waals surface area contributed by atoms with Crippen LogP contribution >= 0.6 is 0 Å². The molecule has 144 valence electrons. The van der Waals surface area contributed by atoms with E-state index in [2.05, 4.69) is 61.7 Å². The molecule has 0 unspecified atom stereocenters. The summed E-state index contributed by atoms with van der Waals surface area (Å²) < 4.78 is 7.03. The number of hydrogen-bond donors (Lipinski definition) is 1. The molecule has 8 nitrogen and oxygen atoms in total. The van der Waals surface area contributed by atoms with Crippen LogP contribution in [0.4, 0.5) is 5.69 Å². The molecule has 1 aromatic heterocycles. The minimum atomic E-state index is 0.626. The molecular formula is C19H27N7O. The second-order valence-electron chi connectivity index (χ2n) is 7.05. The molecule has 2 aliphatic heterocycles. The van der Waals surface area contributed by atoms with E-state index in [0.29, 0.717) is 13.2 Å². The van der Waals surface area contributed by atoms with E-state index in [1.807, 2.05) is 4.68 Å². The first-order valence-electron chi connectivity index (χ1n) is 9.52. The summed E-state index contributed by atoms with van der Waals surface area (Å²) >= 11 is 0. The number of benzene rings is 1. The summed E-state index contributed by atoms with van der Waals surface area (Å²) in [6.07, 6.45) is 1.69. The number of piperazine rings is 1. The van der Waals surface area contributed by atoms with Crippen LogP contribution < -0.4 is 10.3 Å². The number of aryl methyl sites for hydroxylation is 1. The molecule has 0 aliphatic carbocycles. The molecule has 1 fully saturated rings. The fourth-order valence-corrected chi connectivity index (χ4v) is 3.47. The maximum absolute atomic E-state index is 5.07. The highest BCUT2D eigenvalue weighted by Crippen LogP contribution is 2.24. The maximum atomic E-state index is 5.07. The minimum Gasteiger partial charge on any atom is -0.383 e. The molecule has 2 aliphatic rings. The van der Waals surface area contributed by atoms with E-state index >= 15 is 0 Å². The van der Waals surface area contributed by atoms with Gasteiger partial charge in [-0.05, 0) is 31.3 Å². The summed E-state index contributed by atoms with van der Waals surface area (Å²) in [5, 5.41) is 8.74. The van der Waals surface area contributed by atoms with Crippen LogP contribution in [-0.2, 0) is 11.2 Å². The lowest BCUT2D eigenvalue weighted by molar-refractivity contribution is 0.208. The number of amidine groups is 1. The number of nitrogens with zero attached hydrogens (tertiary/aromatic N) is 6. The van der Waals surface area contributed by atoms with Crippen molar-refractivity contribution in [1.29, 1.82) is 0 Å². The highest BCUT2D eigenvalue weighted by molar-refractivity contribution is 5.91. The topological polar surface area (TPSA) is 70.8 Å². The van der Waals surface area contributed by atoms with Crippen molar-refractivity contribution in [2.45, 2.75) is 12.8 Å². The molecule has 1 N–H and O–H groups in total. The van der Waals surface area contributed by atoms with Gasteiger partial charge in [0.05, 0.1) is 13.2 Å². The van der Waals surface area contributed by atoms with E-state index in [1.165, 1.54) is 5.69 Å². The summed E-state index contributed by atoms with van der Waals surface area (Å²) in [4.78, 5) is 9.36. The quantitative estimate of drug-likeness (QED) is 0.800. The van der Waals surface area contributed by atoms with Crippen LogP contribution in [-0.4, -0.2) is 79.1 Å². The van der Waals surface area contributed by atoms with E-state index in [0.717, 1.165) is 62.1 Å². The summed E-state index contributed by atoms with van der Waals surface area (Å²) in [6, 6.07) is 8.61. The smallest absolute Gasteiger partial charge is 0.183 e. The van der Waals surface area contributed by atoms with E-state index in [1.54, 1.807) is 7.11 Å². The first-order valence-corrected chi connectivity index (χ1v) is 9.52. The predicted octanol–water partition coefficient (Wildman–Crippen LogP) is 1.23. The normalized spacial score (nSPS) is 19.2. The van der Waals surface area contributed by atoms with Gasteiger partial charge in [-0.1, -0.05) is 0 Å². The van der Waals surface area contributed by atoms with Crippen LogP contribution in [0, 0.1) is 0 Å². The number of nitrogens with one attached hydrogen (secondary N) is 1. The molecular weight excluding hydrogens is 342 g/mol. The number of ether oxygens (including phenoxy) is 1. The fourth-order valence-electron chi connectivity index (χ4n) is 3.47. The SMILES string of the molecule is COCCN=C1CCc2nnc(-c3ccc(N4CCN(C)CC4)cc3)n2N1. The van der Waals surface area contributed by atoms with E-state index < -0.39 is 0 Å². The average molecular weight is 369 g/mol. The fraction of sp³-hybridized carbons (Fsp3) is 0.526. The van der Waals surface area contributed by atoms with Gasteiger partial charge in [-0.2, -0.15) is 0 Å². The number of rotatable bonds is 5. The molecule has 4 rings (SSSR count). The first kappa shape index (κ1) is 17.9. The van der Waals surface area contributed by atoms with Crippen LogP contribution in [0.25, 0.3) is 11.4 Å². The second kappa shape index (κ2) is 8.06. The molecule has 8 heteroatoms. The van der Waals surface area contributed by atoms with Gasteiger partial charge in [0.1, 0.15) is 5.84 Å². The van der Waals surface area contributed by atoms with Gasteiger partial charge in [0.2, 0.25) is 0 Å². The number of likely N-dealkylation sites (N-methyl/N-ethyl adjacent to an activating group) is 1. The zero-order chi connectivity index (χ0) is 18.6. The molecule has 1 aromatic carbocycles. The third kappa shape index (κ3) is 3.96. The van der Waals surface area contributed by atoms with Crippen molar-refractivity contribution in [2.75, 3.05) is 63.8 Å². The third-order valence-electron chi connectivity index (χ3n) is 5.15. The Bertz CT molecular complexity index is 791. The van der Waals surface area contributed by atoms with Crippen molar-refractivity contribution in [3.8, 4) is 11.4 Å². The molecule has 0 radical (unpaired) electrons. The van der Waals surface area contributed by atoms with Gasteiger partial charge in [-0.3, -0.25) is 10.4 Å². The van der Waals surface area contributed by atoms with Crippen molar-refractivity contribution >= 4 is 11.5 Å². The Morgan fingerprint density at radius 1 is 1.07 bits per heavy atom. The third-order valence-corrected chi connectivity index (χ3v) is 5.15. The zero-order valence-corrected chi connectivity index (χ0v) is 16.1. The van der Waals surface area contributed by atoms with Gasteiger partial charge in [0.15, 0.2) is 11.6 Å². The summed E-state index contributed by atoms with van der Waals surface area (Å²) in [6.45, 7) is 5.63. The lowest BCUT2D eigenvalue weighted by Crippen LogP contribution is -2.44. The Kier molecular flexibility index (Phi) is 5.35. The van der Waals surface area contributed by atoms with Crippen LogP contribution in [0.2, 0.25) is 0 Å². The van der Waals surface area contributed by atoms with Crippen molar-refractivity contribution in [3.63, 3.8) is 0 Å². The van der Waals surface area contributed by atoms with Gasteiger partial charge in [0, 0.05) is 57.4 Å². The van der Waals surface area contributed by atoms with E-state index in [-0.39, 0.29) is 0 Å². The number of anilines is 1. The summed E-state index contributed by atoms with van der Waals surface area (Å²) in [5.74, 6) is 2.72.